The summed E-state index contributed by atoms with van der Waals surface area (Å²) in [5.41, 5.74) is 1.23. The highest BCUT2D eigenvalue weighted by Gasteiger charge is 2.66. The lowest BCUT2D eigenvalue weighted by Gasteiger charge is -2.18. The molecule has 3 fully saturated rings. The van der Waals surface area contributed by atoms with E-state index >= 15 is 0 Å². The zero-order chi connectivity index (χ0) is 13.1. The third kappa shape index (κ3) is 1.81. The molecular formula is C16H24N2S. The van der Waals surface area contributed by atoms with Crippen LogP contribution in [0.4, 0.5) is 0 Å². The number of nitrogens with zero attached hydrogens (tertiary/aromatic N) is 1. The Morgan fingerprint density at radius 2 is 1.95 bits per heavy atom. The van der Waals surface area contributed by atoms with Crippen LogP contribution in [-0.4, -0.2) is 18.1 Å². The summed E-state index contributed by atoms with van der Waals surface area (Å²) < 4.78 is 0. The van der Waals surface area contributed by atoms with Crippen molar-refractivity contribution in [2.45, 2.75) is 45.6 Å². The van der Waals surface area contributed by atoms with Gasteiger partial charge in [0, 0.05) is 17.3 Å². The normalized spacial score (nSPS) is 40.5. The second kappa shape index (κ2) is 4.29. The fraction of sp³-hybridized carbons (Fsp3) is 0.812. The van der Waals surface area contributed by atoms with E-state index in [1.807, 2.05) is 11.3 Å². The number of rotatable bonds is 4. The quantitative estimate of drug-likeness (QED) is 0.913. The van der Waals surface area contributed by atoms with E-state index in [9.17, 15) is 0 Å². The van der Waals surface area contributed by atoms with Crippen LogP contribution < -0.4 is 5.32 Å². The summed E-state index contributed by atoms with van der Waals surface area (Å²) in [6, 6.07) is 0.670. The van der Waals surface area contributed by atoms with Gasteiger partial charge in [-0.05, 0) is 69.7 Å². The smallest absolute Gasteiger partial charge is 0.0946 e. The molecule has 2 nitrogen and oxygen atoms in total. The van der Waals surface area contributed by atoms with Crippen LogP contribution in [0.15, 0.2) is 0 Å². The van der Waals surface area contributed by atoms with Crippen molar-refractivity contribution < 1.29 is 0 Å². The molecular weight excluding hydrogens is 252 g/mol. The molecule has 0 saturated heterocycles. The third-order valence-electron chi connectivity index (χ3n) is 6.10. The molecule has 0 spiro atoms. The molecule has 3 saturated carbocycles. The van der Waals surface area contributed by atoms with Gasteiger partial charge in [0.15, 0.2) is 0 Å². The molecule has 3 heteroatoms. The monoisotopic (exact) mass is 276 g/mol. The predicted molar refractivity (Wildman–Crippen MR) is 79.4 cm³/mol. The number of aromatic nitrogens is 1. The van der Waals surface area contributed by atoms with Crippen LogP contribution >= 0.6 is 11.3 Å². The van der Waals surface area contributed by atoms with Gasteiger partial charge >= 0.3 is 0 Å². The number of aryl methyl sites for hydroxylation is 2. The van der Waals surface area contributed by atoms with Gasteiger partial charge < -0.3 is 5.32 Å². The van der Waals surface area contributed by atoms with E-state index in [4.69, 9.17) is 4.98 Å². The fourth-order valence-corrected chi connectivity index (χ4v) is 6.17. The number of nitrogens with one attached hydrogen (secondary N) is 1. The molecule has 0 aromatic carbocycles. The average Bonchev–Trinajstić information content (AvgIpc) is 2.70. The van der Waals surface area contributed by atoms with E-state index in [1.54, 1.807) is 6.42 Å². The third-order valence-corrected chi connectivity index (χ3v) is 7.19. The van der Waals surface area contributed by atoms with Crippen LogP contribution in [0.2, 0.25) is 0 Å². The SMILES string of the molecule is CNC(Cc1nc(C)c(C)s1)C1C2C3CCC(C3)C21. The first-order chi connectivity index (χ1) is 9.19. The fourth-order valence-electron chi connectivity index (χ4n) is 5.18. The molecule has 0 aliphatic heterocycles. The zero-order valence-corrected chi connectivity index (χ0v) is 13.0. The van der Waals surface area contributed by atoms with E-state index in [1.165, 1.54) is 28.4 Å². The Labute approximate surface area is 120 Å². The van der Waals surface area contributed by atoms with Crippen LogP contribution in [0, 0.1) is 43.4 Å². The molecule has 3 aliphatic rings. The maximum atomic E-state index is 4.73. The minimum atomic E-state index is 0.670. The summed E-state index contributed by atoms with van der Waals surface area (Å²) in [5.74, 6) is 5.25. The predicted octanol–water partition coefficient (Wildman–Crippen LogP) is 3.18. The molecule has 0 amide bonds. The summed E-state index contributed by atoms with van der Waals surface area (Å²) in [4.78, 5) is 6.12. The van der Waals surface area contributed by atoms with Crippen LogP contribution in [0.3, 0.4) is 0 Å². The summed E-state index contributed by atoms with van der Waals surface area (Å²) in [6.07, 6.45) is 5.74. The van der Waals surface area contributed by atoms with Crippen LogP contribution in [0.5, 0.6) is 0 Å². The lowest BCUT2D eigenvalue weighted by Crippen LogP contribution is -2.32. The molecule has 19 heavy (non-hydrogen) atoms. The molecule has 3 aliphatic carbocycles. The van der Waals surface area contributed by atoms with Crippen molar-refractivity contribution >= 4 is 11.3 Å². The number of fused-ring (bicyclic) bond motifs is 5. The first-order valence-electron chi connectivity index (χ1n) is 7.79. The molecule has 104 valence electrons. The van der Waals surface area contributed by atoms with Gasteiger partial charge in [0.1, 0.15) is 0 Å². The maximum Gasteiger partial charge on any atom is 0.0946 e. The van der Waals surface area contributed by atoms with Gasteiger partial charge in [-0.15, -0.1) is 11.3 Å². The molecule has 1 aromatic rings. The molecule has 1 aromatic heterocycles. The van der Waals surface area contributed by atoms with Crippen LogP contribution in [-0.2, 0) is 6.42 Å². The van der Waals surface area contributed by atoms with Gasteiger partial charge in [0.05, 0.1) is 10.7 Å². The van der Waals surface area contributed by atoms with Crippen LogP contribution in [0.25, 0.3) is 0 Å². The second-order valence-corrected chi connectivity index (χ2v) is 8.20. The zero-order valence-electron chi connectivity index (χ0n) is 12.1. The van der Waals surface area contributed by atoms with Gasteiger partial charge in [0.25, 0.3) is 0 Å². The second-order valence-electron chi connectivity index (χ2n) is 6.91. The lowest BCUT2D eigenvalue weighted by atomic mass is 9.96. The summed E-state index contributed by atoms with van der Waals surface area (Å²) in [6.45, 7) is 4.33. The highest BCUT2D eigenvalue weighted by atomic mass is 32.1. The van der Waals surface area contributed by atoms with Gasteiger partial charge in [-0.2, -0.15) is 0 Å². The Hall–Kier alpha value is -0.410. The van der Waals surface area contributed by atoms with Crippen molar-refractivity contribution in [2.24, 2.45) is 29.6 Å². The standard InChI is InChI=1S/C16H24N2S/c1-8-9(2)19-13(18-8)7-12(17-3)16-14-10-4-5-11(6-10)15(14)16/h10-12,14-17H,4-7H2,1-3H3. The minimum absolute atomic E-state index is 0.670. The Balaban J connectivity index is 1.48. The van der Waals surface area contributed by atoms with E-state index in [0.29, 0.717) is 6.04 Å². The van der Waals surface area contributed by atoms with Gasteiger partial charge in [-0.3, -0.25) is 0 Å². The first kappa shape index (κ1) is 12.3. The summed E-state index contributed by atoms with van der Waals surface area (Å²) >= 11 is 1.90. The molecule has 0 radical (unpaired) electrons. The molecule has 1 heterocycles. The van der Waals surface area contributed by atoms with Crippen molar-refractivity contribution in [1.82, 2.24) is 10.3 Å². The largest absolute Gasteiger partial charge is 0.316 e. The molecule has 2 bridgehead atoms. The molecule has 5 atom stereocenters. The van der Waals surface area contributed by atoms with E-state index in [0.717, 1.165) is 36.0 Å². The Morgan fingerprint density at radius 1 is 1.26 bits per heavy atom. The van der Waals surface area contributed by atoms with Crippen molar-refractivity contribution in [1.29, 1.82) is 0 Å². The highest BCUT2D eigenvalue weighted by Crippen LogP contribution is 2.70. The average molecular weight is 276 g/mol. The Morgan fingerprint density at radius 3 is 2.47 bits per heavy atom. The summed E-state index contributed by atoms with van der Waals surface area (Å²) in [5, 5.41) is 4.94. The minimum Gasteiger partial charge on any atom is -0.316 e. The van der Waals surface area contributed by atoms with Gasteiger partial charge in [0.2, 0.25) is 0 Å². The molecule has 4 rings (SSSR count). The number of hydrogen-bond donors (Lipinski definition) is 1. The van der Waals surface area contributed by atoms with Gasteiger partial charge in [-0.1, -0.05) is 0 Å². The van der Waals surface area contributed by atoms with Crippen molar-refractivity contribution in [3.05, 3.63) is 15.6 Å². The topological polar surface area (TPSA) is 24.9 Å². The maximum absolute atomic E-state index is 4.73. The van der Waals surface area contributed by atoms with Crippen LogP contribution in [0.1, 0.15) is 34.8 Å². The Bertz CT molecular complexity index is 459. The number of thiazole rings is 1. The first-order valence-corrected chi connectivity index (χ1v) is 8.61. The van der Waals surface area contributed by atoms with Crippen molar-refractivity contribution in [3.8, 4) is 0 Å². The molecule has 5 unspecified atom stereocenters. The highest BCUT2D eigenvalue weighted by molar-refractivity contribution is 7.11. The lowest BCUT2D eigenvalue weighted by molar-refractivity contribution is 0.376. The Kier molecular flexibility index (Phi) is 2.79. The van der Waals surface area contributed by atoms with E-state index in [2.05, 4.69) is 26.2 Å². The van der Waals surface area contributed by atoms with Crippen molar-refractivity contribution in [3.63, 3.8) is 0 Å². The molecule has 1 N–H and O–H groups in total. The van der Waals surface area contributed by atoms with E-state index < -0.39 is 0 Å². The van der Waals surface area contributed by atoms with Crippen molar-refractivity contribution in [2.75, 3.05) is 7.05 Å². The number of likely N-dealkylation sites (N-methyl/N-ethyl adjacent to an activating group) is 1. The van der Waals surface area contributed by atoms with E-state index in [-0.39, 0.29) is 0 Å². The van der Waals surface area contributed by atoms with Gasteiger partial charge in [-0.25, -0.2) is 4.98 Å². The number of hydrogen-bond acceptors (Lipinski definition) is 3. The summed E-state index contributed by atoms with van der Waals surface area (Å²) in [7, 11) is 2.15.